The van der Waals surface area contributed by atoms with Crippen LogP contribution in [0, 0.1) is 18.3 Å². The van der Waals surface area contributed by atoms with Crippen LogP contribution in [0.25, 0.3) is 22.2 Å². The molecule has 4 rings (SSSR count). The molecule has 1 aromatic heterocycles. The Bertz CT molecular complexity index is 980. The van der Waals surface area contributed by atoms with Gasteiger partial charge in [-0.05, 0) is 66.8 Å². The number of methoxy groups -OCH3 is 1. The van der Waals surface area contributed by atoms with Crippen molar-refractivity contribution < 1.29 is 4.74 Å². The zero-order valence-corrected chi connectivity index (χ0v) is 17.1. The van der Waals surface area contributed by atoms with E-state index < -0.39 is 0 Å². The van der Waals surface area contributed by atoms with Crippen molar-refractivity contribution in [2.24, 2.45) is 11.3 Å². The third-order valence-corrected chi connectivity index (χ3v) is 6.15. The molecule has 0 unspecified atom stereocenters. The van der Waals surface area contributed by atoms with E-state index in [9.17, 15) is 0 Å². The summed E-state index contributed by atoms with van der Waals surface area (Å²) >= 11 is 0. The van der Waals surface area contributed by atoms with Crippen LogP contribution in [0.3, 0.4) is 0 Å². The highest BCUT2D eigenvalue weighted by atomic mass is 16.5. The summed E-state index contributed by atoms with van der Waals surface area (Å²) in [6.07, 6.45) is 3.45. The molecule has 27 heavy (non-hydrogen) atoms. The highest BCUT2D eigenvalue weighted by Gasteiger charge is 2.31. The normalized spacial score (nSPS) is 17.0. The van der Waals surface area contributed by atoms with Crippen molar-refractivity contribution in [3.8, 4) is 17.0 Å². The summed E-state index contributed by atoms with van der Waals surface area (Å²) in [5, 5.41) is 1.26. The van der Waals surface area contributed by atoms with Crippen LogP contribution in [0.4, 0.5) is 0 Å². The molecule has 0 bridgehead atoms. The first-order valence-electron chi connectivity index (χ1n) is 9.93. The van der Waals surface area contributed by atoms with Crippen molar-refractivity contribution in [2.75, 3.05) is 7.11 Å². The number of fused-ring (bicyclic) bond motifs is 3. The number of ether oxygens (including phenoxy) is 1. The van der Waals surface area contributed by atoms with E-state index in [1.54, 1.807) is 7.11 Å². The second-order valence-corrected chi connectivity index (χ2v) is 8.97. The standard InChI is InChI=1S/C25H29NO/c1-16-6-8-17(9-7-16)24-22-14-18(25(2,3)4)10-12-20(22)21-15-19(27-5)11-13-23(21)26-24/h6-9,11,13,15,18H,10,12,14H2,1-5H3/t18-/m1/s1. The van der Waals surface area contributed by atoms with Crippen LogP contribution >= 0.6 is 0 Å². The van der Waals surface area contributed by atoms with Crippen LogP contribution in [0.2, 0.25) is 0 Å². The van der Waals surface area contributed by atoms with Gasteiger partial charge in [0.2, 0.25) is 0 Å². The fourth-order valence-electron chi connectivity index (χ4n) is 4.34. The van der Waals surface area contributed by atoms with E-state index in [0.29, 0.717) is 11.3 Å². The lowest BCUT2D eigenvalue weighted by Crippen LogP contribution is -2.27. The van der Waals surface area contributed by atoms with E-state index in [0.717, 1.165) is 29.8 Å². The molecule has 1 atom stereocenters. The molecule has 0 fully saturated rings. The fourth-order valence-corrected chi connectivity index (χ4v) is 4.34. The number of nitrogens with zero attached hydrogens (tertiary/aromatic N) is 1. The summed E-state index contributed by atoms with van der Waals surface area (Å²) in [5.74, 6) is 1.59. The van der Waals surface area contributed by atoms with Gasteiger partial charge in [-0.2, -0.15) is 0 Å². The van der Waals surface area contributed by atoms with Crippen LogP contribution in [0.15, 0.2) is 42.5 Å². The Morgan fingerprint density at radius 1 is 1.00 bits per heavy atom. The second kappa shape index (κ2) is 6.67. The summed E-state index contributed by atoms with van der Waals surface area (Å²) in [7, 11) is 1.73. The minimum absolute atomic E-state index is 0.311. The minimum atomic E-state index is 0.311. The number of hydrogen-bond acceptors (Lipinski definition) is 2. The zero-order valence-electron chi connectivity index (χ0n) is 17.1. The smallest absolute Gasteiger partial charge is 0.119 e. The van der Waals surface area contributed by atoms with Crippen LogP contribution < -0.4 is 4.74 Å². The quantitative estimate of drug-likeness (QED) is 0.530. The average Bonchev–Trinajstić information content (AvgIpc) is 2.66. The maximum atomic E-state index is 5.49. The third-order valence-electron chi connectivity index (χ3n) is 6.15. The SMILES string of the molecule is COc1ccc2nc(-c3ccc(C)cc3)c3c(c2c1)CC[C@@H](C(C)(C)C)C3. The molecular weight excluding hydrogens is 330 g/mol. The summed E-state index contributed by atoms with van der Waals surface area (Å²) < 4.78 is 5.49. The van der Waals surface area contributed by atoms with E-state index in [-0.39, 0.29) is 0 Å². The lowest BCUT2D eigenvalue weighted by molar-refractivity contribution is 0.216. The van der Waals surface area contributed by atoms with Crippen molar-refractivity contribution in [1.29, 1.82) is 0 Å². The van der Waals surface area contributed by atoms with Gasteiger partial charge < -0.3 is 4.74 Å². The van der Waals surface area contributed by atoms with Crippen molar-refractivity contribution >= 4 is 10.9 Å². The first-order valence-corrected chi connectivity index (χ1v) is 9.93. The molecule has 0 radical (unpaired) electrons. The molecule has 0 N–H and O–H groups in total. The first-order chi connectivity index (χ1) is 12.9. The molecule has 1 aliphatic carbocycles. The Hall–Kier alpha value is -2.35. The molecule has 140 valence electrons. The van der Waals surface area contributed by atoms with E-state index in [1.165, 1.54) is 34.1 Å². The summed E-state index contributed by atoms with van der Waals surface area (Å²) in [4.78, 5) is 5.12. The molecule has 2 nitrogen and oxygen atoms in total. The molecule has 1 heterocycles. The van der Waals surface area contributed by atoms with Gasteiger partial charge in [-0.1, -0.05) is 50.6 Å². The molecule has 3 aromatic rings. The summed E-state index contributed by atoms with van der Waals surface area (Å²) in [6.45, 7) is 9.23. The molecule has 0 saturated carbocycles. The van der Waals surface area contributed by atoms with Gasteiger partial charge in [0.1, 0.15) is 5.75 Å². The predicted molar refractivity (Wildman–Crippen MR) is 113 cm³/mol. The Balaban J connectivity index is 1.95. The number of rotatable bonds is 2. The number of hydrogen-bond donors (Lipinski definition) is 0. The second-order valence-electron chi connectivity index (χ2n) is 8.97. The number of pyridine rings is 1. The Labute approximate surface area is 162 Å². The van der Waals surface area contributed by atoms with Gasteiger partial charge in [-0.3, -0.25) is 0 Å². The number of benzene rings is 2. The highest BCUT2D eigenvalue weighted by Crippen LogP contribution is 2.42. The molecule has 0 spiro atoms. The highest BCUT2D eigenvalue weighted by molar-refractivity contribution is 5.88. The molecule has 2 aromatic carbocycles. The third kappa shape index (κ3) is 3.34. The van der Waals surface area contributed by atoms with Gasteiger partial charge in [-0.25, -0.2) is 4.98 Å². The van der Waals surface area contributed by atoms with Gasteiger partial charge >= 0.3 is 0 Å². The van der Waals surface area contributed by atoms with Crippen molar-refractivity contribution in [3.63, 3.8) is 0 Å². The predicted octanol–water partition coefficient (Wildman–Crippen LogP) is 6.37. The van der Waals surface area contributed by atoms with Gasteiger partial charge in [0.15, 0.2) is 0 Å². The maximum Gasteiger partial charge on any atom is 0.119 e. The minimum Gasteiger partial charge on any atom is -0.497 e. The van der Waals surface area contributed by atoms with Crippen molar-refractivity contribution in [1.82, 2.24) is 4.98 Å². The Morgan fingerprint density at radius 2 is 1.74 bits per heavy atom. The van der Waals surface area contributed by atoms with E-state index in [2.05, 4.69) is 64.1 Å². The molecule has 0 saturated heterocycles. The van der Waals surface area contributed by atoms with Gasteiger partial charge in [0.25, 0.3) is 0 Å². The Morgan fingerprint density at radius 3 is 2.41 bits per heavy atom. The molecular formula is C25H29NO. The summed E-state index contributed by atoms with van der Waals surface area (Å²) in [6, 6.07) is 15.1. The number of aromatic nitrogens is 1. The summed E-state index contributed by atoms with van der Waals surface area (Å²) in [5.41, 5.74) is 7.96. The largest absolute Gasteiger partial charge is 0.497 e. The van der Waals surface area contributed by atoms with Gasteiger partial charge in [-0.15, -0.1) is 0 Å². The van der Waals surface area contributed by atoms with Crippen LogP contribution in [0.5, 0.6) is 5.75 Å². The van der Waals surface area contributed by atoms with E-state index in [1.807, 2.05) is 6.07 Å². The van der Waals surface area contributed by atoms with Crippen molar-refractivity contribution in [3.05, 3.63) is 59.2 Å². The molecule has 0 aliphatic heterocycles. The molecule has 2 heteroatoms. The Kier molecular flexibility index (Phi) is 4.46. The van der Waals surface area contributed by atoms with E-state index in [4.69, 9.17) is 9.72 Å². The maximum absolute atomic E-state index is 5.49. The molecule has 1 aliphatic rings. The fraction of sp³-hybridized carbons (Fsp3) is 0.400. The monoisotopic (exact) mass is 359 g/mol. The lowest BCUT2D eigenvalue weighted by atomic mass is 9.69. The van der Waals surface area contributed by atoms with E-state index >= 15 is 0 Å². The topological polar surface area (TPSA) is 22.1 Å². The van der Waals surface area contributed by atoms with Gasteiger partial charge in [0, 0.05) is 10.9 Å². The van der Waals surface area contributed by atoms with Crippen LogP contribution in [0.1, 0.15) is 43.9 Å². The first kappa shape index (κ1) is 18.0. The zero-order chi connectivity index (χ0) is 19.2. The number of aryl methyl sites for hydroxylation is 2. The average molecular weight is 360 g/mol. The lowest BCUT2D eigenvalue weighted by Gasteiger charge is -2.36. The van der Waals surface area contributed by atoms with Crippen molar-refractivity contribution in [2.45, 2.75) is 47.0 Å². The van der Waals surface area contributed by atoms with Gasteiger partial charge in [0.05, 0.1) is 18.3 Å². The van der Waals surface area contributed by atoms with Crippen LogP contribution in [-0.4, -0.2) is 12.1 Å². The van der Waals surface area contributed by atoms with Crippen LogP contribution in [-0.2, 0) is 12.8 Å². The molecule has 0 amide bonds.